The molecule has 31 heavy (non-hydrogen) atoms. The van der Waals surface area contributed by atoms with E-state index in [1.54, 1.807) is 4.90 Å². The van der Waals surface area contributed by atoms with Crippen molar-refractivity contribution in [2.45, 2.75) is 45.7 Å². The van der Waals surface area contributed by atoms with Gasteiger partial charge in [-0.2, -0.15) is 0 Å². The summed E-state index contributed by atoms with van der Waals surface area (Å²) in [6.45, 7) is 5.42. The third-order valence-electron chi connectivity index (χ3n) is 5.60. The first-order chi connectivity index (χ1) is 14.9. The summed E-state index contributed by atoms with van der Waals surface area (Å²) in [5.74, 6) is -1.37. The van der Waals surface area contributed by atoms with Crippen molar-refractivity contribution in [3.63, 3.8) is 0 Å². The summed E-state index contributed by atoms with van der Waals surface area (Å²) in [7, 11) is 0. The first-order valence-corrected chi connectivity index (χ1v) is 10.9. The van der Waals surface area contributed by atoms with E-state index in [9.17, 15) is 14.4 Å². The Bertz CT molecular complexity index is 927. The molecular weight excluding hydrogens is 390 g/mol. The number of hydrogen-bond acceptors (Lipinski definition) is 4. The summed E-state index contributed by atoms with van der Waals surface area (Å²) in [6, 6.07) is 17.5. The molecule has 0 saturated carbocycles. The lowest BCUT2D eigenvalue weighted by molar-refractivity contribution is -0.158. The molecule has 3 rings (SSSR count). The van der Waals surface area contributed by atoms with Gasteiger partial charge in [-0.05, 0) is 34.9 Å². The highest BCUT2D eigenvalue weighted by molar-refractivity contribution is 6.37. The monoisotopic (exact) mass is 421 g/mol. The molecule has 2 N–H and O–H groups in total. The maximum absolute atomic E-state index is 13.1. The third-order valence-corrected chi connectivity index (χ3v) is 5.60. The van der Waals surface area contributed by atoms with Crippen LogP contribution in [0.1, 0.15) is 49.3 Å². The molecule has 1 saturated heterocycles. The second-order valence-corrected chi connectivity index (χ2v) is 8.55. The number of piperidine rings is 1. The zero-order valence-electron chi connectivity index (χ0n) is 18.3. The van der Waals surface area contributed by atoms with E-state index in [4.69, 9.17) is 5.73 Å². The second-order valence-electron chi connectivity index (χ2n) is 8.55. The van der Waals surface area contributed by atoms with E-state index in [0.29, 0.717) is 26.1 Å². The number of imide groups is 1. The van der Waals surface area contributed by atoms with Crippen LogP contribution in [0.4, 0.5) is 0 Å². The van der Waals surface area contributed by atoms with Gasteiger partial charge in [-0.25, -0.2) is 0 Å². The molecule has 1 aliphatic heterocycles. The molecule has 1 fully saturated rings. The van der Waals surface area contributed by atoms with Crippen molar-refractivity contribution in [3.05, 3.63) is 71.3 Å². The lowest BCUT2D eigenvalue weighted by atomic mass is 9.89. The number of nitrogens with zero attached hydrogens (tertiary/aromatic N) is 2. The summed E-state index contributed by atoms with van der Waals surface area (Å²) in [5.41, 5.74) is 8.71. The highest BCUT2D eigenvalue weighted by atomic mass is 16.2. The predicted molar refractivity (Wildman–Crippen MR) is 120 cm³/mol. The number of carbonyl (C=O) groups is 3. The minimum atomic E-state index is -0.729. The molecule has 0 spiro atoms. The molecule has 164 valence electrons. The summed E-state index contributed by atoms with van der Waals surface area (Å²) in [5, 5.41) is 0. The molecule has 1 aliphatic rings. The zero-order chi connectivity index (χ0) is 22.4. The molecule has 1 atom stereocenters. The van der Waals surface area contributed by atoms with Crippen LogP contribution in [0.2, 0.25) is 0 Å². The van der Waals surface area contributed by atoms with Gasteiger partial charge in [0, 0.05) is 32.6 Å². The Labute approximate surface area is 184 Å². The fraction of sp³-hybridized carbons (Fsp3) is 0.400. The van der Waals surface area contributed by atoms with E-state index in [0.717, 1.165) is 21.6 Å². The van der Waals surface area contributed by atoms with Crippen LogP contribution in [0.5, 0.6) is 0 Å². The Morgan fingerprint density at radius 3 is 2.45 bits per heavy atom. The van der Waals surface area contributed by atoms with Crippen LogP contribution in [0.3, 0.4) is 0 Å². The average molecular weight is 422 g/mol. The fourth-order valence-corrected chi connectivity index (χ4v) is 4.04. The molecule has 1 unspecified atom stereocenters. The molecule has 1 heterocycles. The first kappa shape index (κ1) is 22.7. The third kappa shape index (κ3) is 5.79. The van der Waals surface area contributed by atoms with Crippen LogP contribution in [-0.4, -0.2) is 40.6 Å². The summed E-state index contributed by atoms with van der Waals surface area (Å²) in [6.07, 6.45) is 0.906. The van der Waals surface area contributed by atoms with Crippen LogP contribution in [0, 0.1) is 5.92 Å². The Hall–Kier alpha value is -2.99. The van der Waals surface area contributed by atoms with E-state index in [-0.39, 0.29) is 30.7 Å². The van der Waals surface area contributed by atoms with Crippen molar-refractivity contribution in [2.24, 2.45) is 11.7 Å². The maximum Gasteiger partial charge on any atom is 0.318 e. The van der Waals surface area contributed by atoms with Gasteiger partial charge in [-0.3, -0.25) is 19.3 Å². The molecule has 0 radical (unpaired) electrons. The molecule has 0 aromatic heterocycles. The van der Waals surface area contributed by atoms with E-state index < -0.39 is 11.8 Å². The Morgan fingerprint density at radius 2 is 1.81 bits per heavy atom. The summed E-state index contributed by atoms with van der Waals surface area (Å²) >= 11 is 0. The van der Waals surface area contributed by atoms with Crippen molar-refractivity contribution in [3.8, 4) is 0 Å². The largest absolute Gasteiger partial charge is 0.330 e. The average Bonchev–Trinajstić information content (AvgIpc) is 2.78. The van der Waals surface area contributed by atoms with Crippen molar-refractivity contribution >= 4 is 17.7 Å². The molecule has 2 aromatic rings. The van der Waals surface area contributed by atoms with Gasteiger partial charge in [0.05, 0.1) is 0 Å². The second kappa shape index (κ2) is 10.4. The quantitative estimate of drug-likeness (QED) is 0.727. The van der Waals surface area contributed by atoms with Crippen molar-refractivity contribution in [2.75, 3.05) is 13.1 Å². The number of carbonyl (C=O) groups excluding carboxylic acids is 3. The fourth-order valence-electron chi connectivity index (χ4n) is 4.04. The molecular formula is C25H31N3O3. The van der Waals surface area contributed by atoms with Crippen LogP contribution in [0.15, 0.2) is 54.6 Å². The standard InChI is InChI=1S/C25H31N3O3/c1-18(2)16-27(17-20-8-6-7-19(13-20)15-26)24(30)25(31)28-12-11-22(14-23(28)29)21-9-4-3-5-10-21/h3-10,13,18,22H,11-12,14-17,26H2,1-2H3. The summed E-state index contributed by atoms with van der Waals surface area (Å²) < 4.78 is 0. The molecule has 0 bridgehead atoms. The molecule has 2 aromatic carbocycles. The van der Waals surface area contributed by atoms with Gasteiger partial charge in [0.15, 0.2) is 0 Å². The van der Waals surface area contributed by atoms with Gasteiger partial charge in [-0.15, -0.1) is 0 Å². The van der Waals surface area contributed by atoms with Gasteiger partial charge in [0.2, 0.25) is 5.91 Å². The SMILES string of the molecule is CC(C)CN(Cc1cccc(CN)c1)C(=O)C(=O)N1CCC(c2ccccc2)CC1=O. The number of amides is 3. The van der Waals surface area contributed by atoms with Crippen LogP contribution in [-0.2, 0) is 27.5 Å². The van der Waals surface area contributed by atoms with Crippen LogP contribution < -0.4 is 5.73 Å². The van der Waals surface area contributed by atoms with E-state index in [2.05, 4.69) is 0 Å². The topological polar surface area (TPSA) is 83.7 Å². The van der Waals surface area contributed by atoms with Crippen molar-refractivity contribution in [1.82, 2.24) is 9.80 Å². The van der Waals surface area contributed by atoms with Gasteiger partial charge >= 0.3 is 11.8 Å². The van der Waals surface area contributed by atoms with Crippen LogP contribution in [0.25, 0.3) is 0 Å². The lowest BCUT2D eigenvalue weighted by Gasteiger charge is -2.32. The minimum Gasteiger partial charge on any atom is -0.330 e. The molecule has 6 nitrogen and oxygen atoms in total. The Balaban J connectivity index is 1.70. The highest BCUT2D eigenvalue weighted by Crippen LogP contribution is 2.28. The number of rotatable bonds is 6. The number of benzene rings is 2. The van der Waals surface area contributed by atoms with Gasteiger partial charge in [0.25, 0.3) is 0 Å². The molecule has 6 heteroatoms. The normalized spacial score (nSPS) is 16.5. The maximum atomic E-state index is 13.1. The lowest BCUT2D eigenvalue weighted by Crippen LogP contribution is -2.50. The Morgan fingerprint density at radius 1 is 1.10 bits per heavy atom. The minimum absolute atomic E-state index is 0.0821. The van der Waals surface area contributed by atoms with E-state index in [1.807, 2.05) is 68.4 Å². The van der Waals surface area contributed by atoms with Crippen molar-refractivity contribution in [1.29, 1.82) is 0 Å². The number of hydrogen-bond donors (Lipinski definition) is 1. The smallest absolute Gasteiger partial charge is 0.318 e. The van der Waals surface area contributed by atoms with E-state index in [1.165, 1.54) is 0 Å². The zero-order valence-corrected chi connectivity index (χ0v) is 18.3. The molecule has 3 amide bonds. The van der Waals surface area contributed by atoms with E-state index >= 15 is 0 Å². The molecule has 0 aliphatic carbocycles. The predicted octanol–water partition coefficient (Wildman–Crippen LogP) is 3.06. The Kier molecular flexibility index (Phi) is 7.58. The van der Waals surface area contributed by atoms with Crippen LogP contribution >= 0.6 is 0 Å². The van der Waals surface area contributed by atoms with Gasteiger partial charge < -0.3 is 10.6 Å². The number of likely N-dealkylation sites (tertiary alicyclic amines) is 1. The van der Waals surface area contributed by atoms with Crippen molar-refractivity contribution < 1.29 is 14.4 Å². The summed E-state index contributed by atoms with van der Waals surface area (Å²) in [4.78, 5) is 41.5. The van der Waals surface area contributed by atoms with Gasteiger partial charge in [0.1, 0.15) is 0 Å². The van der Waals surface area contributed by atoms with Gasteiger partial charge in [-0.1, -0.05) is 68.4 Å². The highest BCUT2D eigenvalue weighted by Gasteiger charge is 2.35. The first-order valence-electron chi connectivity index (χ1n) is 10.9. The number of nitrogens with two attached hydrogens (primary N) is 1.